The minimum absolute atomic E-state index is 0.0805. The summed E-state index contributed by atoms with van der Waals surface area (Å²) in [5.74, 6) is 0.917. The van der Waals surface area contributed by atoms with E-state index in [-0.39, 0.29) is 5.54 Å². The lowest BCUT2D eigenvalue weighted by atomic mass is 10.1. The quantitative estimate of drug-likeness (QED) is 0.740. The van der Waals surface area contributed by atoms with E-state index in [9.17, 15) is 0 Å². The second-order valence-electron chi connectivity index (χ2n) is 5.75. The summed E-state index contributed by atoms with van der Waals surface area (Å²) in [5.41, 5.74) is 1.05. The number of likely N-dealkylation sites (N-methyl/N-ethyl adjacent to an activating group) is 1. The third-order valence-electron chi connectivity index (χ3n) is 2.89. The Kier molecular flexibility index (Phi) is 6.88. The Hall–Kier alpha value is -1.20. The average molecular weight is 280 g/mol. The highest BCUT2D eigenvalue weighted by molar-refractivity contribution is 5.36. The molecule has 0 aliphatic carbocycles. The van der Waals surface area contributed by atoms with Crippen molar-refractivity contribution in [1.82, 2.24) is 15.3 Å². The molecule has 114 valence electrons. The highest BCUT2D eigenvalue weighted by atomic mass is 16.5. The Morgan fingerprint density at radius 2 is 2.00 bits per heavy atom. The van der Waals surface area contributed by atoms with E-state index >= 15 is 0 Å². The van der Waals surface area contributed by atoms with Crippen LogP contribution in [-0.4, -0.2) is 41.8 Å². The van der Waals surface area contributed by atoms with E-state index in [1.54, 1.807) is 0 Å². The van der Waals surface area contributed by atoms with Crippen LogP contribution >= 0.6 is 0 Å². The van der Waals surface area contributed by atoms with Gasteiger partial charge in [0.2, 0.25) is 0 Å². The van der Waals surface area contributed by atoms with Gasteiger partial charge >= 0.3 is 0 Å². The minimum atomic E-state index is 0.0805. The van der Waals surface area contributed by atoms with Crippen LogP contribution in [0.3, 0.4) is 0 Å². The van der Waals surface area contributed by atoms with Crippen molar-refractivity contribution < 1.29 is 4.74 Å². The molecule has 0 spiro atoms. The van der Waals surface area contributed by atoms with E-state index in [0.717, 1.165) is 44.4 Å². The molecular weight excluding hydrogens is 252 g/mol. The van der Waals surface area contributed by atoms with Crippen LogP contribution in [0.5, 0.6) is 0 Å². The van der Waals surface area contributed by atoms with Gasteiger partial charge in [-0.2, -0.15) is 0 Å². The molecule has 0 aliphatic heterocycles. The van der Waals surface area contributed by atoms with Crippen molar-refractivity contribution in [2.45, 2.75) is 46.7 Å². The molecule has 1 aromatic heterocycles. The fraction of sp³-hybridized carbons (Fsp3) is 0.733. The molecule has 20 heavy (non-hydrogen) atoms. The molecular formula is C15H28N4O. The third-order valence-corrected chi connectivity index (χ3v) is 2.89. The van der Waals surface area contributed by atoms with Crippen LogP contribution in [0.1, 0.15) is 40.3 Å². The molecule has 0 aliphatic rings. The van der Waals surface area contributed by atoms with Crippen molar-refractivity contribution in [2.75, 3.05) is 31.2 Å². The number of anilines is 1. The Morgan fingerprint density at radius 1 is 1.25 bits per heavy atom. The first-order valence-corrected chi connectivity index (χ1v) is 7.35. The van der Waals surface area contributed by atoms with Gasteiger partial charge in [0.05, 0.1) is 18.5 Å². The molecule has 0 fully saturated rings. The van der Waals surface area contributed by atoms with Crippen molar-refractivity contribution in [3.63, 3.8) is 0 Å². The molecule has 1 rings (SSSR count). The summed E-state index contributed by atoms with van der Waals surface area (Å²) in [5, 5.41) is 3.43. The lowest BCUT2D eigenvalue weighted by Gasteiger charge is -2.23. The molecule has 0 saturated carbocycles. The Labute approximate surface area is 122 Å². The summed E-state index contributed by atoms with van der Waals surface area (Å²) in [7, 11) is 0. The number of hydrogen-bond donors (Lipinski definition) is 1. The Bertz CT molecular complexity index is 390. The van der Waals surface area contributed by atoms with E-state index in [2.05, 4.69) is 47.9 Å². The molecule has 0 radical (unpaired) electrons. The van der Waals surface area contributed by atoms with Crippen LogP contribution in [0, 0.1) is 0 Å². The number of nitrogens with zero attached hydrogens (tertiary/aromatic N) is 3. The average Bonchev–Trinajstić information content (AvgIpc) is 2.41. The van der Waals surface area contributed by atoms with Crippen molar-refractivity contribution in [2.24, 2.45) is 0 Å². The zero-order valence-electron chi connectivity index (χ0n) is 13.4. The van der Waals surface area contributed by atoms with E-state index in [1.165, 1.54) is 0 Å². The van der Waals surface area contributed by atoms with Gasteiger partial charge in [-0.1, -0.05) is 0 Å². The van der Waals surface area contributed by atoms with Gasteiger partial charge in [-0.3, -0.25) is 4.98 Å². The van der Waals surface area contributed by atoms with Crippen molar-refractivity contribution in [1.29, 1.82) is 0 Å². The summed E-state index contributed by atoms with van der Waals surface area (Å²) in [6.45, 7) is 14.5. The summed E-state index contributed by atoms with van der Waals surface area (Å²) >= 11 is 0. The van der Waals surface area contributed by atoms with Gasteiger partial charge in [0.1, 0.15) is 5.82 Å². The van der Waals surface area contributed by atoms with Crippen LogP contribution in [-0.2, 0) is 11.3 Å². The fourth-order valence-corrected chi connectivity index (χ4v) is 1.74. The van der Waals surface area contributed by atoms with Crippen molar-refractivity contribution in [3.8, 4) is 0 Å². The molecule has 0 atom stereocenters. The van der Waals surface area contributed by atoms with Crippen LogP contribution in [0.15, 0.2) is 12.4 Å². The highest BCUT2D eigenvalue weighted by Gasteiger charge is 2.11. The molecule has 1 aromatic rings. The normalized spacial score (nSPS) is 11.7. The van der Waals surface area contributed by atoms with Crippen molar-refractivity contribution >= 4 is 5.82 Å². The first kappa shape index (κ1) is 16.9. The molecule has 0 amide bonds. The Balaban J connectivity index is 2.64. The van der Waals surface area contributed by atoms with Crippen LogP contribution in [0.4, 0.5) is 5.82 Å². The topological polar surface area (TPSA) is 50.3 Å². The van der Waals surface area contributed by atoms with Gasteiger partial charge < -0.3 is 15.0 Å². The highest BCUT2D eigenvalue weighted by Crippen LogP contribution is 2.10. The van der Waals surface area contributed by atoms with E-state index in [1.807, 2.05) is 19.3 Å². The smallest absolute Gasteiger partial charge is 0.147 e. The molecule has 0 unspecified atom stereocenters. The van der Waals surface area contributed by atoms with E-state index in [0.29, 0.717) is 0 Å². The number of nitrogens with one attached hydrogen (secondary N) is 1. The molecule has 0 saturated heterocycles. The maximum atomic E-state index is 5.41. The van der Waals surface area contributed by atoms with Gasteiger partial charge in [0.25, 0.3) is 0 Å². The summed E-state index contributed by atoms with van der Waals surface area (Å²) in [6.07, 6.45) is 3.63. The summed E-state index contributed by atoms with van der Waals surface area (Å²) < 4.78 is 5.41. The summed E-state index contributed by atoms with van der Waals surface area (Å²) in [4.78, 5) is 11.2. The van der Waals surface area contributed by atoms with E-state index in [4.69, 9.17) is 4.74 Å². The van der Waals surface area contributed by atoms with E-state index < -0.39 is 0 Å². The van der Waals surface area contributed by atoms with Crippen LogP contribution in [0.2, 0.25) is 0 Å². The first-order chi connectivity index (χ1) is 9.46. The molecule has 5 nitrogen and oxygen atoms in total. The zero-order chi connectivity index (χ0) is 15.0. The standard InChI is InChI=1S/C15H28N4O/c1-6-19(8-9-20-7-2)14-12-16-10-13(18-14)11-17-15(3,4)5/h10,12,17H,6-9,11H2,1-5H3. The van der Waals surface area contributed by atoms with Crippen LogP contribution < -0.4 is 10.2 Å². The molecule has 0 bridgehead atoms. The lowest BCUT2D eigenvalue weighted by Crippen LogP contribution is -2.35. The number of aromatic nitrogens is 2. The largest absolute Gasteiger partial charge is 0.380 e. The second-order valence-corrected chi connectivity index (χ2v) is 5.75. The molecule has 0 aromatic carbocycles. The minimum Gasteiger partial charge on any atom is -0.380 e. The lowest BCUT2D eigenvalue weighted by molar-refractivity contribution is 0.154. The van der Waals surface area contributed by atoms with Gasteiger partial charge in [-0.25, -0.2) is 4.98 Å². The molecule has 1 N–H and O–H groups in total. The second kappa shape index (κ2) is 8.17. The Morgan fingerprint density at radius 3 is 2.60 bits per heavy atom. The number of ether oxygens (including phenoxy) is 1. The van der Waals surface area contributed by atoms with Gasteiger partial charge in [0.15, 0.2) is 0 Å². The molecule has 1 heterocycles. The third kappa shape index (κ3) is 6.30. The van der Waals surface area contributed by atoms with Gasteiger partial charge in [-0.05, 0) is 34.6 Å². The van der Waals surface area contributed by atoms with Gasteiger partial charge in [0, 0.05) is 38.0 Å². The monoisotopic (exact) mass is 280 g/mol. The molecule has 5 heteroatoms. The van der Waals surface area contributed by atoms with Gasteiger partial charge in [-0.15, -0.1) is 0 Å². The maximum absolute atomic E-state index is 5.41. The maximum Gasteiger partial charge on any atom is 0.147 e. The fourth-order valence-electron chi connectivity index (χ4n) is 1.74. The predicted molar refractivity (Wildman–Crippen MR) is 83.0 cm³/mol. The SMILES string of the molecule is CCOCCN(CC)c1cncc(CNC(C)(C)C)n1. The number of hydrogen-bond acceptors (Lipinski definition) is 5. The summed E-state index contributed by atoms with van der Waals surface area (Å²) in [6, 6.07) is 0. The first-order valence-electron chi connectivity index (χ1n) is 7.35. The number of rotatable bonds is 8. The predicted octanol–water partition coefficient (Wildman–Crippen LogP) is 2.23. The van der Waals surface area contributed by atoms with Crippen LogP contribution in [0.25, 0.3) is 0 Å². The van der Waals surface area contributed by atoms with Crippen molar-refractivity contribution in [3.05, 3.63) is 18.1 Å². The zero-order valence-corrected chi connectivity index (χ0v) is 13.4.